The van der Waals surface area contributed by atoms with E-state index in [0.717, 1.165) is 5.56 Å². The number of hydrogen-bond acceptors (Lipinski definition) is 3. The minimum atomic E-state index is -3.78. The van der Waals surface area contributed by atoms with E-state index < -0.39 is 25.4 Å². The Morgan fingerprint density at radius 2 is 1.91 bits per heavy atom. The monoisotopic (exact) mass is 328 g/mol. The third-order valence-electron chi connectivity index (χ3n) is 3.10. The smallest absolute Gasteiger partial charge is 0.321 e. The molecule has 5 N–H and O–H groups in total. The van der Waals surface area contributed by atoms with Crippen molar-refractivity contribution in [2.24, 2.45) is 5.73 Å². The standard InChI is InChI=1S/C14H21N2O5P/c15-13(17)9-8-12(14(18)19)16-22(20,21)10-4-7-11-5-2-1-3-6-11/h1-3,5-6,12H,4,7-10H2,(H2,15,17)(H,18,19)(H2,16,20,21)/t12-/m0/s1. The van der Waals surface area contributed by atoms with Gasteiger partial charge in [0.1, 0.15) is 6.04 Å². The summed E-state index contributed by atoms with van der Waals surface area (Å²) in [6.07, 6.45) is 0.767. The van der Waals surface area contributed by atoms with E-state index in [0.29, 0.717) is 12.8 Å². The van der Waals surface area contributed by atoms with Crippen LogP contribution in [0.2, 0.25) is 0 Å². The van der Waals surface area contributed by atoms with Gasteiger partial charge in [-0.1, -0.05) is 30.3 Å². The van der Waals surface area contributed by atoms with Gasteiger partial charge in [0.15, 0.2) is 0 Å². The molecule has 0 aliphatic carbocycles. The Morgan fingerprint density at radius 3 is 2.45 bits per heavy atom. The summed E-state index contributed by atoms with van der Waals surface area (Å²) in [5, 5.41) is 11.2. The number of primary amides is 1. The molecule has 1 aromatic rings. The molecule has 7 nitrogen and oxygen atoms in total. The van der Waals surface area contributed by atoms with Crippen molar-refractivity contribution in [2.45, 2.75) is 31.7 Å². The van der Waals surface area contributed by atoms with Crippen molar-refractivity contribution in [1.29, 1.82) is 0 Å². The number of nitrogens with one attached hydrogen (secondary N) is 1. The topological polar surface area (TPSA) is 130 Å². The van der Waals surface area contributed by atoms with Crippen LogP contribution in [0.5, 0.6) is 0 Å². The summed E-state index contributed by atoms with van der Waals surface area (Å²) in [5.74, 6) is -1.93. The Hall–Kier alpha value is -1.69. The second-order valence-electron chi connectivity index (χ2n) is 5.04. The van der Waals surface area contributed by atoms with Crippen LogP contribution in [-0.2, 0) is 20.6 Å². The lowest BCUT2D eigenvalue weighted by molar-refractivity contribution is -0.139. The van der Waals surface area contributed by atoms with Crippen LogP contribution in [0.4, 0.5) is 0 Å². The van der Waals surface area contributed by atoms with E-state index in [4.69, 9.17) is 10.8 Å². The lowest BCUT2D eigenvalue weighted by Gasteiger charge is -2.18. The molecule has 1 amide bonds. The predicted octanol–water partition coefficient (Wildman–Crippen LogP) is 1.11. The van der Waals surface area contributed by atoms with E-state index in [-0.39, 0.29) is 19.0 Å². The molecule has 0 heterocycles. The van der Waals surface area contributed by atoms with Crippen molar-refractivity contribution in [3.63, 3.8) is 0 Å². The number of hydrogen-bond donors (Lipinski definition) is 4. The van der Waals surface area contributed by atoms with Gasteiger partial charge in [-0.2, -0.15) is 0 Å². The summed E-state index contributed by atoms with van der Waals surface area (Å²) in [6, 6.07) is 8.23. The number of amides is 1. The molecule has 0 aliphatic rings. The van der Waals surface area contributed by atoms with Crippen LogP contribution in [0.15, 0.2) is 30.3 Å². The van der Waals surface area contributed by atoms with Crippen molar-refractivity contribution in [1.82, 2.24) is 5.09 Å². The molecular weight excluding hydrogens is 307 g/mol. The van der Waals surface area contributed by atoms with Gasteiger partial charge in [-0.05, 0) is 24.8 Å². The van der Waals surface area contributed by atoms with Gasteiger partial charge in [-0.25, -0.2) is 5.09 Å². The summed E-state index contributed by atoms with van der Waals surface area (Å²) >= 11 is 0. The Morgan fingerprint density at radius 1 is 1.27 bits per heavy atom. The molecule has 1 aromatic carbocycles. The van der Waals surface area contributed by atoms with E-state index in [2.05, 4.69) is 5.09 Å². The Kier molecular flexibility index (Phi) is 7.24. The quantitative estimate of drug-likeness (QED) is 0.476. The van der Waals surface area contributed by atoms with Crippen LogP contribution in [0.3, 0.4) is 0 Å². The molecule has 0 aliphatic heterocycles. The van der Waals surface area contributed by atoms with E-state index in [1.54, 1.807) is 0 Å². The van der Waals surface area contributed by atoms with Gasteiger partial charge in [0, 0.05) is 12.6 Å². The van der Waals surface area contributed by atoms with Gasteiger partial charge in [0.2, 0.25) is 5.91 Å². The predicted molar refractivity (Wildman–Crippen MR) is 82.4 cm³/mol. The number of aryl methyl sites for hydroxylation is 1. The molecule has 0 radical (unpaired) electrons. The van der Waals surface area contributed by atoms with Crippen LogP contribution < -0.4 is 10.8 Å². The Labute approximate surface area is 129 Å². The molecular formula is C14H21N2O5P. The number of rotatable bonds is 10. The maximum Gasteiger partial charge on any atom is 0.321 e. The van der Waals surface area contributed by atoms with Gasteiger partial charge in [-0.3, -0.25) is 14.2 Å². The third kappa shape index (κ3) is 7.36. The highest BCUT2D eigenvalue weighted by Gasteiger charge is 2.27. The molecule has 22 heavy (non-hydrogen) atoms. The minimum absolute atomic E-state index is 0.0394. The molecule has 0 spiro atoms. The summed E-state index contributed by atoms with van der Waals surface area (Å²) in [6.45, 7) is 0. The molecule has 0 fully saturated rings. The summed E-state index contributed by atoms with van der Waals surface area (Å²) in [7, 11) is -3.78. The molecule has 8 heteroatoms. The maximum atomic E-state index is 12.0. The van der Waals surface area contributed by atoms with E-state index in [9.17, 15) is 19.0 Å². The SMILES string of the molecule is NC(=O)CC[C@H](NP(=O)(O)CCCc1ccccc1)C(=O)O. The minimum Gasteiger partial charge on any atom is -0.480 e. The molecule has 2 atom stereocenters. The Bertz CT molecular complexity index is 549. The molecule has 122 valence electrons. The molecule has 1 rings (SSSR count). The zero-order valence-electron chi connectivity index (χ0n) is 12.1. The first-order valence-corrected chi connectivity index (χ1v) is 8.79. The first-order chi connectivity index (χ1) is 10.3. The van der Waals surface area contributed by atoms with Crippen molar-refractivity contribution >= 4 is 19.4 Å². The van der Waals surface area contributed by atoms with E-state index in [1.807, 2.05) is 30.3 Å². The largest absolute Gasteiger partial charge is 0.480 e. The fourth-order valence-electron chi connectivity index (χ4n) is 1.98. The second-order valence-corrected chi connectivity index (χ2v) is 7.15. The zero-order valence-corrected chi connectivity index (χ0v) is 13.0. The average Bonchev–Trinajstić information content (AvgIpc) is 2.44. The number of carboxylic acid groups (broad SMARTS) is 1. The molecule has 1 unspecified atom stereocenters. The van der Waals surface area contributed by atoms with E-state index in [1.165, 1.54) is 0 Å². The first kappa shape index (κ1) is 18.4. The number of carboxylic acids is 1. The molecule has 0 aromatic heterocycles. The summed E-state index contributed by atoms with van der Waals surface area (Å²) in [5.41, 5.74) is 6.01. The zero-order chi connectivity index (χ0) is 16.6. The third-order valence-corrected chi connectivity index (χ3v) is 4.74. The van der Waals surface area contributed by atoms with Crippen molar-refractivity contribution in [3.05, 3.63) is 35.9 Å². The van der Waals surface area contributed by atoms with Crippen LogP contribution in [0, 0.1) is 0 Å². The van der Waals surface area contributed by atoms with Crippen molar-refractivity contribution in [2.75, 3.05) is 6.16 Å². The Balaban J connectivity index is 2.47. The summed E-state index contributed by atoms with van der Waals surface area (Å²) < 4.78 is 12.0. The lowest BCUT2D eigenvalue weighted by atomic mass is 10.1. The van der Waals surface area contributed by atoms with Crippen molar-refractivity contribution in [3.8, 4) is 0 Å². The number of nitrogens with two attached hydrogens (primary N) is 1. The normalized spacial score (nSPS) is 15.0. The van der Waals surface area contributed by atoms with Crippen LogP contribution >= 0.6 is 7.52 Å². The fraction of sp³-hybridized carbons (Fsp3) is 0.429. The van der Waals surface area contributed by atoms with Gasteiger partial charge >= 0.3 is 5.97 Å². The molecule has 0 saturated carbocycles. The van der Waals surface area contributed by atoms with Gasteiger partial charge in [0.05, 0.1) is 0 Å². The fourth-order valence-corrected chi connectivity index (χ4v) is 3.42. The second kappa shape index (κ2) is 8.68. The highest BCUT2D eigenvalue weighted by Crippen LogP contribution is 2.37. The molecule has 0 bridgehead atoms. The first-order valence-electron chi connectivity index (χ1n) is 6.95. The molecule has 0 saturated heterocycles. The average molecular weight is 328 g/mol. The van der Waals surface area contributed by atoms with Crippen LogP contribution in [0.1, 0.15) is 24.8 Å². The number of benzene rings is 1. The number of aliphatic carboxylic acids is 1. The van der Waals surface area contributed by atoms with Crippen LogP contribution in [0.25, 0.3) is 0 Å². The van der Waals surface area contributed by atoms with Crippen molar-refractivity contribution < 1.29 is 24.2 Å². The van der Waals surface area contributed by atoms with Gasteiger partial charge in [-0.15, -0.1) is 0 Å². The van der Waals surface area contributed by atoms with E-state index >= 15 is 0 Å². The highest BCUT2D eigenvalue weighted by atomic mass is 31.2. The van der Waals surface area contributed by atoms with Crippen LogP contribution in [-0.4, -0.2) is 34.1 Å². The maximum absolute atomic E-state index is 12.0. The lowest BCUT2D eigenvalue weighted by Crippen LogP contribution is -2.36. The summed E-state index contributed by atoms with van der Waals surface area (Å²) in [4.78, 5) is 31.6. The number of carbonyl (C=O) groups is 2. The highest BCUT2D eigenvalue weighted by molar-refractivity contribution is 7.55. The van der Waals surface area contributed by atoms with Gasteiger partial charge < -0.3 is 15.7 Å². The number of carbonyl (C=O) groups excluding carboxylic acids is 1. The van der Waals surface area contributed by atoms with Gasteiger partial charge in [0.25, 0.3) is 7.52 Å².